The van der Waals surface area contributed by atoms with Gasteiger partial charge >= 0.3 is 0 Å². The minimum atomic E-state index is -0.241. The third-order valence-electron chi connectivity index (χ3n) is 5.53. The molecule has 29 heavy (non-hydrogen) atoms. The molecule has 0 saturated carbocycles. The lowest BCUT2D eigenvalue weighted by molar-refractivity contribution is -0.121. The van der Waals surface area contributed by atoms with Gasteiger partial charge in [-0.05, 0) is 48.9 Å². The van der Waals surface area contributed by atoms with Crippen LogP contribution in [0.15, 0.2) is 48.5 Å². The molecule has 1 atom stereocenters. The lowest BCUT2D eigenvalue weighted by atomic mass is 10.0. The SMILES string of the molecule is COc1ccc(CCC(=O)NC[C@H](c2ccc(F)cc2)N2CCN(C)CC2)cc1. The molecule has 1 aliphatic heterocycles. The predicted molar refractivity (Wildman–Crippen MR) is 113 cm³/mol. The van der Waals surface area contributed by atoms with Gasteiger partial charge in [-0.15, -0.1) is 0 Å². The van der Waals surface area contributed by atoms with Crippen LogP contribution in [0, 0.1) is 5.82 Å². The number of methoxy groups -OCH3 is 1. The molecule has 1 saturated heterocycles. The molecule has 1 amide bonds. The molecule has 0 unspecified atom stereocenters. The van der Waals surface area contributed by atoms with Crippen molar-refractivity contribution in [3.05, 3.63) is 65.5 Å². The number of piperazine rings is 1. The van der Waals surface area contributed by atoms with Gasteiger partial charge in [0, 0.05) is 39.1 Å². The van der Waals surface area contributed by atoms with Gasteiger partial charge in [-0.1, -0.05) is 24.3 Å². The first-order valence-corrected chi connectivity index (χ1v) is 10.1. The van der Waals surface area contributed by atoms with Crippen LogP contribution in [0.25, 0.3) is 0 Å². The molecule has 1 fully saturated rings. The van der Waals surface area contributed by atoms with Gasteiger partial charge in [-0.2, -0.15) is 0 Å². The van der Waals surface area contributed by atoms with Crippen molar-refractivity contribution < 1.29 is 13.9 Å². The summed E-state index contributed by atoms with van der Waals surface area (Å²) >= 11 is 0. The number of hydrogen-bond acceptors (Lipinski definition) is 4. The highest BCUT2D eigenvalue weighted by atomic mass is 19.1. The number of hydrogen-bond donors (Lipinski definition) is 1. The highest BCUT2D eigenvalue weighted by Gasteiger charge is 2.24. The van der Waals surface area contributed by atoms with Gasteiger partial charge in [0.2, 0.25) is 5.91 Å². The fraction of sp³-hybridized carbons (Fsp3) is 0.435. The van der Waals surface area contributed by atoms with E-state index in [1.165, 1.54) is 12.1 Å². The van der Waals surface area contributed by atoms with E-state index in [4.69, 9.17) is 4.74 Å². The van der Waals surface area contributed by atoms with Crippen molar-refractivity contribution in [2.45, 2.75) is 18.9 Å². The zero-order valence-corrected chi connectivity index (χ0v) is 17.2. The van der Waals surface area contributed by atoms with Crippen LogP contribution in [-0.2, 0) is 11.2 Å². The normalized spacial score (nSPS) is 16.4. The van der Waals surface area contributed by atoms with Crippen LogP contribution in [0.3, 0.4) is 0 Å². The van der Waals surface area contributed by atoms with Crippen molar-refractivity contribution in [1.29, 1.82) is 0 Å². The topological polar surface area (TPSA) is 44.8 Å². The van der Waals surface area contributed by atoms with Crippen LogP contribution in [0.1, 0.15) is 23.6 Å². The standard InChI is InChI=1S/C23H30FN3O2/c1-26-13-15-27(16-14-26)22(19-6-8-20(24)9-7-19)17-25-23(28)12-5-18-3-10-21(29-2)11-4-18/h3-4,6-11,22H,5,12-17H2,1-2H3,(H,25,28)/t22-/m1/s1. The summed E-state index contributed by atoms with van der Waals surface area (Å²) in [5.74, 6) is 0.601. The Morgan fingerprint density at radius 1 is 1.07 bits per heavy atom. The highest BCUT2D eigenvalue weighted by molar-refractivity contribution is 5.76. The van der Waals surface area contributed by atoms with Gasteiger partial charge in [-0.3, -0.25) is 9.69 Å². The minimum Gasteiger partial charge on any atom is -0.497 e. The van der Waals surface area contributed by atoms with Crippen molar-refractivity contribution in [3.63, 3.8) is 0 Å². The van der Waals surface area contributed by atoms with E-state index in [0.29, 0.717) is 19.4 Å². The summed E-state index contributed by atoms with van der Waals surface area (Å²) in [4.78, 5) is 17.1. The van der Waals surface area contributed by atoms with Crippen LogP contribution >= 0.6 is 0 Å². The molecular weight excluding hydrogens is 369 g/mol. The molecule has 0 aromatic heterocycles. The molecule has 0 bridgehead atoms. The Bertz CT molecular complexity index is 772. The third-order valence-corrected chi connectivity index (χ3v) is 5.53. The number of aryl methyl sites for hydroxylation is 1. The highest BCUT2D eigenvalue weighted by Crippen LogP contribution is 2.22. The molecule has 2 aromatic rings. The molecule has 0 spiro atoms. The Morgan fingerprint density at radius 2 is 1.72 bits per heavy atom. The molecular formula is C23H30FN3O2. The summed E-state index contributed by atoms with van der Waals surface area (Å²) in [5, 5.41) is 3.08. The summed E-state index contributed by atoms with van der Waals surface area (Å²) in [6.07, 6.45) is 1.12. The Hall–Kier alpha value is -2.44. The Morgan fingerprint density at radius 3 is 2.34 bits per heavy atom. The number of carbonyl (C=O) groups is 1. The number of nitrogens with one attached hydrogen (secondary N) is 1. The Balaban J connectivity index is 1.56. The lowest BCUT2D eigenvalue weighted by Gasteiger charge is -2.38. The van der Waals surface area contributed by atoms with Gasteiger partial charge in [-0.25, -0.2) is 4.39 Å². The molecule has 1 heterocycles. The van der Waals surface area contributed by atoms with Gasteiger partial charge in [0.05, 0.1) is 13.2 Å². The Kier molecular flexibility index (Phi) is 7.61. The second-order valence-corrected chi connectivity index (χ2v) is 7.56. The molecule has 0 aliphatic carbocycles. The van der Waals surface area contributed by atoms with Crippen molar-refractivity contribution in [1.82, 2.24) is 15.1 Å². The van der Waals surface area contributed by atoms with Crippen LogP contribution in [0.4, 0.5) is 4.39 Å². The molecule has 2 aromatic carbocycles. The molecule has 1 N–H and O–H groups in total. The van der Waals surface area contributed by atoms with Crippen molar-refractivity contribution in [2.75, 3.05) is 46.9 Å². The zero-order valence-electron chi connectivity index (χ0n) is 17.2. The van der Waals surface area contributed by atoms with E-state index in [1.54, 1.807) is 7.11 Å². The monoisotopic (exact) mass is 399 g/mol. The lowest BCUT2D eigenvalue weighted by Crippen LogP contribution is -2.48. The van der Waals surface area contributed by atoms with Crippen molar-refractivity contribution in [2.24, 2.45) is 0 Å². The van der Waals surface area contributed by atoms with E-state index >= 15 is 0 Å². The summed E-state index contributed by atoms with van der Waals surface area (Å²) in [6.45, 7) is 4.36. The van der Waals surface area contributed by atoms with Gasteiger partial charge in [0.25, 0.3) is 0 Å². The zero-order chi connectivity index (χ0) is 20.6. The number of benzene rings is 2. The molecule has 5 nitrogen and oxygen atoms in total. The Labute approximate surface area is 172 Å². The average molecular weight is 400 g/mol. The maximum atomic E-state index is 13.4. The first-order chi connectivity index (χ1) is 14.0. The number of rotatable bonds is 8. The number of carbonyl (C=O) groups excluding carboxylic acids is 1. The van der Waals surface area contributed by atoms with Gasteiger partial charge < -0.3 is 15.0 Å². The third kappa shape index (κ3) is 6.27. The smallest absolute Gasteiger partial charge is 0.220 e. The maximum Gasteiger partial charge on any atom is 0.220 e. The molecule has 6 heteroatoms. The molecule has 0 radical (unpaired) electrons. The predicted octanol–water partition coefficient (Wildman–Crippen LogP) is 2.87. The molecule has 1 aliphatic rings. The molecule has 156 valence electrons. The summed E-state index contributed by atoms with van der Waals surface area (Å²) in [7, 11) is 3.76. The fourth-order valence-electron chi connectivity index (χ4n) is 3.63. The number of amides is 1. The van der Waals surface area contributed by atoms with E-state index in [2.05, 4.69) is 22.2 Å². The van der Waals surface area contributed by atoms with Crippen LogP contribution in [-0.4, -0.2) is 62.6 Å². The van der Waals surface area contributed by atoms with Crippen LogP contribution < -0.4 is 10.1 Å². The van der Waals surface area contributed by atoms with Crippen LogP contribution in [0.5, 0.6) is 5.75 Å². The molecule has 3 rings (SSSR count). The van der Waals surface area contributed by atoms with Gasteiger partial charge in [0.15, 0.2) is 0 Å². The van der Waals surface area contributed by atoms with E-state index in [-0.39, 0.29) is 17.8 Å². The quantitative estimate of drug-likeness (QED) is 0.741. The van der Waals surface area contributed by atoms with E-state index in [0.717, 1.165) is 43.1 Å². The number of likely N-dealkylation sites (N-methyl/N-ethyl adjacent to an activating group) is 1. The maximum absolute atomic E-state index is 13.4. The second kappa shape index (κ2) is 10.4. The van der Waals surface area contributed by atoms with Crippen LogP contribution in [0.2, 0.25) is 0 Å². The largest absolute Gasteiger partial charge is 0.497 e. The number of ether oxygens (including phenoxy) is 1. The van der Waals surface area contributed by atoms with Gasteiger partial charge in [0.1, 0.15) is 11.6 Å². The summed E-state index contributed by atoms with van der Waals surface area (Å²) in [6, 6.07) is 14.5. The summed E-state index contributed by atoms with van der Waals surface area (Å²) < 4.78 is 18.5. The van der Waals surface area contributed by atoms with Crippen molar-refractivity contribution in [3.8, 4) is 5.75 Å². The average Bonchev–Trinajstić information content (AvgIpc) is 2.75. The summed E-state index contributed by atoms with van der Waals surface area (Å²) in [5.41, 5.74) is 2.14. The van der Waals surface area contributed by atoms with E-state index in [9.17, 15) is 9.18 Å². The number of nitrogens with zero attached hydrogens (tertiary/aromatic N) is 2. The second-order valence-electron chi connectivity index (χ2n) is 7.56. The van der Waals surface area contributed by atoms with E-state index < -0.39 is 0 Å². The number of halogens is 1. The fourth-order valence-corrected chi connectivity index (χ4v) is 3.63. The first kappa shape index (κ1) is 21.3. The first-order valence-electron chi connectivity index (χ1n) is 10.1. The minimum absolute atomic E-state index is 0.0297. The van der Waals surface area contributed by atoms with E-state index in [1.807, 2.05) is 36.4 Å². The van der Waals surface area contributed by atoms with Crippen molar-refractivity contribution >= 4 is 5.91 Å².